The molecule has 1 unspecified atom stereocenters. The third kappa shape index (κ3) is 3.61. The zero-order valence-corrected chi connectivity index (χ0v) is 16.2. The standard InChI is InChI=1S/C23H20N2O4/c1-14(29-23(28)20-9-7-16-5-3-4-6-19(16)24-20)22(27)18-8-10-21-17(13-18)11-12-25(21)15(2)26/h3-10,13-14H,11-12H2,1-2H3. The van der Waals surface area contributed by atoms with Gasteiger partial charge >= 0.3 is 5.97 Å². The van der Waals surface area contributed by atoms with Gasteiger partial charge < -0.3 is 9.64 Å². The largest absolute Gasteiger partial charge is 0.450 e. The first-order chi connectivity index (χ1) is 13.9. The molecular formula is C23H20N2O4. The van der Waals surface area contributed by atoms with E-state index in [0.29, 0.717) is 24.0 Å². The van der Waals surface area contributed by atoms with E-state index in [4.69, 9.17) is 4.74 Å². The van der Waals surface area contributed by atoms with Crippen LogP contribution < -0.4 is 4.90 Å². The molecule has 4 rings (SSSR count). The maximum atomic E-state index is 12.8. The lowest BCUT2D eigenvalue weighted by Crippen LogP contribution is -2.26. The molecule has 6 nitrogen and oxygen atoms in total. The molecule has 1 aromatic heterocycles. The zero-order chi connectivity index (χ0) is 20.5. The second kappa shape index (κ2) is 7.47. The topological polar surface area (TPSA) is 76.6 Å². The molecule has 2 aromatic carbocycles. The summed E-state index contributed by atoms with van der Waals surface area (Å²) >= 11 is 0. The Hall–Kier alpha value is -3.54. The van der Waals surface area contributed by atoms with Gasteiger partial charge in [-0.05, 0) is 49.2 Å². The molecular weight excluding hydrogens is 368 g/mol. The summed E-state index contributed by atoms with van der Waals surface area (Å²) in [4.78, 5) is 42.9. The van der Waals surface area contributed by atoms with E-state index in [0.717, 1.165) is 16.6 Å². The van der Waals surface area contributed by atoms with Gasteiger partial charge in [-0.25, -0.2) is 9.78 Å². The van der Waals surface area contributed by atoms with Gasteiger partial charge in [0.05, 0.1) is 5.52 Å². The number of esters is 1. The van der Waals surface area contributed by atoms with Crippen molar-refractivity contribution in [2.75, 3.05) is 11.4 Å². The van der Waals surface area contributed by atoms with Crippen molar-refractivity contribution in [1.29, 1.82) is 0 Å². The number of anilines is 1. The minimum atomic E-state index is -0.945. The Labute approximate surface area is 168 Å². The zero-order valence-electron chi connectivity index (χ0n) is 16.2. The van der Waals surface area contributed by atoms with Crippen LogP contribution in [0.1, 0.15) is 40.3 Å². The van der Waals surface area contributed by atoms with Gasteiger partial charge in [-0.2, -0.15) is 0 Å². The number of fused-ring (bicyclic) bond motifs is 2. The molecule has 29 heavy (non-hydrogen) atoms. The van der Waals surface area contributed by atoms with Crippen molar-refractivity contribution in [2.45, 2.75) is 26.4 Å². The van der Waals surface area contributed by atoms with Crippen LogP contribution in [0.5, 0.6) is 0 Å². The van der Waals surface area contributed by atoms with Gasteiger partial charge in [-0.1, -0.05) is 24.3 Å². The number of ketones is 1. The number of carbonyl (C=O) groups is 3. The number of rotatable bonds is 4. The number of nitrogens with zero attached hydrogens (tertiary/aromatic N) is 2. The molecule has 0 N–H and O–H groups in total. The monoisotopic (exact) mass is 388 g/mol. The van der Waals surface area contributed by atoms with Crippen LogP contribution in [0.2, 0.25) is 0 Å². The van der Waals surface area contributed by atoms with Crippen LogP contribution in [0.4, 0.5) is 5.69 Å². The van der Waals surface area contributed by atoms with Gasteiger partial charge in [0.1, 0.15) is 5.69 Å². The fourth-order valence-electron chi connectivity index (χ4n) is 3.57. The summed E-state index contributed by atoms with van der Waals surface area (Å²) in [6.07, 6.45) is -0.246. The molecule has 0 spiro atoms. The van der Waals surface area contributed by atoms with E-state index in [2.05, 4.69) is 4.98 Å². The highest BCUT2D eigenvalue weighted by molar-refractivity contribution is 6.02. The summed E-state index contributed by atoms with van der Waals surface area (Å²) < 4.78 is 5.36. The average Bonchev–Trinajstić information content (AvgIpc) is 3.16. The number of hydrogen-bond donors (Lipinski definition) is 0. The Balaban J connectivity index is 1.49. The minimum Gasteiger partial charge on any atom is -0.450 e. The Bertz CT molecular complexity index is 1140. The Morgan fingerprint density at radius 3 is 2.66 bits per heavy atom. The third-order valence-corrected chi connectivity index (χ3v) is 5.10. The molecule has 0 saturated carbocycles. The van der Waals surface area contributed by atoms with Gasteiger partial charge in [-0.3, -0.25) is 9.59 Å². The molecule has 1 amide bonds. The number of benzene rings is 2. The van der Waals surface area contributed by atoms with Crippen molar-refractivity contribution in [2.24, 2.45) is 0 Å². The summed E-state index contributed by atoms with van der Waals surface area (Å²) in [7, 11) is 0. The van der Waals surface area contributed by atoms with Gasteiger partial charge in [-0.15, -0.1) is 0 Å². The second-order valence-corrected chi connectivity index (χ2v) is 7.07. The molecule has 1 aliphatic heterocycles. The number of aromatic nitrogens is 1. The number of para-hydroxylation sites is 1. The summed E-state index contributed by atoms with van der Waals surface area (Å²) in [5.41, 5.74) is 3.09. The van der Waals surface area contributed by atoms with Gasteiger partial charge in [0.25, 0.3) is 0 Å². The van der Waals surface area contributed by atoms with Crippen molar-refractivity contribution < 1.29 is 19.1 Å². The van der Waals surface area contributed by atoms with Crippen LogP contribution >= 0.6 is 0 Å². The van der Waals surface area contributed by atoms with Crippen molar-refractivity contribution in [3.05, 3.63) is 71.4 Å². The van der Waals surface area contributed by atoms with Gasteiger partial charge in [0, 0.05) is 30.1 Å². The first kappa shape index (κ1) is 18.8. The minimum absolute atomic E-state index is 0.0204. The van der Waals surface area contributed by atoms with E-state index in [1.165, 1.54) is 6.92 Å². The quantitative estimate of drug-likeness (QED) is 0.504. The van der Waals surface area contributed by atoms with E-state index in [1.807, 2.05) is 24.3 Å². The number of Topliss-reactive ketones (excluding diaryl/α,β-unsaturated/α-hetero) is 1. The van der Waals surface area contributed by atoms with Crippen molar-refractivity contribution in [3.8, 4) is 0 Å². The smallest absolute Gasteiger partial charge is 0.357 e. The molecule has 3 aromatic rings. The van der Waals surface area contributed by atoms with Crippen LogP contribution in [-0.4, -0.2) is 35.3 Å². The normalized spacial score (nSPS) is 13.8. The van der Waals surface area contributed by atoms with Gasteiger partial charge in [0.2, 0.25) is 11.7 Å². The summed E-state index contributed by atoms with van der Waals surface area (Å²) in [6, 6.07) is 16.1. The van der Waals surface area contributed by atoms with E-state index >= 15 is 0 Å². The number of ether oxygens (including phenoxy) is 1. The maximum Gasteiger partial charge on any atom is 0.357 e. The molecule has 0 bridgehead atoms. The highest BCUT2D eigenvalue weighted by Crippen LogP contribution is 2.29. The fraction of sp³-hybridized carbons (Fsp3) is 0.217. The lowest BCUT2D eigenvalue weighted by molar-refractivity contribution is -0.116. The summed E-state index contributed by atoms with van der Waals surface area (Å²) in [5, 5.41) is 0.922. The van der Waals surface area contributed by atoms with E-state index < -0.39 is 12.1 Å². The molecule has 0 aliphatic carbocycles. The molecule has 0 saturated heterocycles. The fourth-order valence-corrected chi connectivity index (χ4v) is 3.57. The third-order valence-electron chi connectivity index (χ3n) is 5.10. The Morgan fingerprint density at radius 2 is 1.86 bits per heavy atom. The van der Waals surface area contributed by atoms with Gasteiger partial charge in [0.15, 0.2) is 6.10 Å². The second-order valence-electron chi connectivity index (χ2n) is 7.07. The van der Waals surface area contributed by atoms with Crippen molar-refractivity contribution >= 4 is 34.3 Å². The van der Waals surface area contributed by atoms with E-state index in [1.54, 1.807) is 42.2 Å². The first-order valence-electron chi connectivity index (χ1n) is 9.46. The molecule has 1 atom stereocenters. The van der Waals surface area contributed by atoms with Crippen LogP contribution in [0.25, 0.3) is 10.9 Å². The lowest BCUT2D eigenvalue weighted by Gasteiger charge is -2.16. The summed E-state index contributed by atoms with van der Waals surface area (Å²) in [5.74, 6) is -0.947. The molecule has 146 valence electrons. The highest BCUT2D eigenvalue weighted by atomic mass is 16.5. The van der Waals surface area contributed by atoms with Crippen molar-refractivity contribution in [1.82, 2.24) is 4.98 Å². The Morgan fingerprint density at radius 1 is 1.07 bits per heavy atom. The highest BCUT2D eigenvalue weighted by Gasteiger charge is 2.26. The number of carbonyl (C=O) groups excluding carboxylic acids is 3. The number of amides is 1. The predicted octanol–water partition coefficient (Wildman–Crippen LogP) is 3.57. The van der Waals surface area contributed by atoms with Crippen LogP contribution in [0.3, 0.4) is 0 Å². The SMILES string of the molecule is CC(=O)N1CCc2cc(C(=O)C(C)OC(=O)c3ccc4ccccc4n3)ccc21. The molecule has 0 fully saturated rings. The van der Waals surface area contributed by atoms with Crippen LogP contribution in [0.15, 0.2) is 54.6 Å². The maximum absolute atomic E-state index is 12.8. The van der Waals surface area contributed by atoms with Crippen LogP contribution in [0, 0.1) is 0 Å². The molecule has 0 radical (unpaired) electrons. The number of pyridine rings is 1. The van der Waals surface area contributed by atoms with Crippen LogP contribution in [-0.2, 0) is 16.0 Å². The van der Waals surface area contributed by atoms with Crippen molar-refractivity contribution in [3.63, 3.8) is 0 Å². The summed E-state index contributed by atoms with van der Waals surface area (Å²) in [6.45, 7) is 3.69. The average molecular weight is 388 g/mol. The molecule has 6 heteroatoms. The number of hydrogen-bond acceptors (Lipinski definition) is 5. The predicted molar refractivity (Wildman–Crippen MR) is 109 cm³/mol. The Kier molecular flexibility index (Phi) is 4.84. The van der Waals surface area contributed by atoms with E-state index in [9.17, 15) is 14.4 Å². The lowest BCUT2D eigenvalue weighted by atomic mass is 10.0. The molecule has 1 aliphatic rings. The van der Waals surface area contributed by atoms with E-state index in [-0.39, 0.29) is 17.4 Å². The first-order valence-corrected chi connectivity index (χ1v) is 9.46. The molecule has 2 heterocycles.